The van der Waals surface area contributed by atoms with Crippen molar-refractivity contribution in [2.75, 3.05) is 5.32 Å². The molecule has 1 amide bonds. The Labute approximate surface area is 107 Å². The lowest BCUT2D eigenvalue weighted by atomic mass is 10.2. The van der Waals surface area contributed by atoms with Gasteiger partial charge < -0.3 is 11.1 Å². The topological polar surface area (TPSA) is 68.0 Å². The highest BCUT2D eigenvalue weighted by Gasteiger charge is 2.19. The van der Waals surface area contributed by atoms with Gasteiger partial charge in [-0.1, -0.05) is 11.6 Å². The number of anilines is 1. The number of aromatic nitrogens is 1. The summed E-state index contributed by atoms with van der Waals surface area (Å²) >= 11 is 7.16. The van der Waals surface area contributed by atoms with Crippen molar-refractivity contribution in [3.05, 3.63) is 45.9 Å². The van der Waals surface area contributed by atoms with E-state index in [0.717, 1.165) is 5.69 Å². The molecule has 1 heterocycles. The lowest BCUT2D eigenvalue weighted by molar-refractivity contribution is -0.118. The number of halogens is 1. The molecule has 0 spiro atoms. The number of thiazole rings is 1. The van der Waals surface area contributed by atoms with Crippen LogP contribution in [-0.2, 0) is 4.79 Å². The van der Waals surface area contributed by atoms with E-state index in [1.54, 1.807) is 35.8 Å². The predicted octanol–water partition coefficient (Wildman–Crippen LogP) is 2.43. The van der Waals surface area contributed by atoms with Crippen molar-refractivity contribution in [2.45, 2.75) is 6.04 Å². The molecular formula is C11H10ClN3OS. The molecule has 0 aliphatic carbocycles. The second-order valence-electron chi connectivity index (χ2n) is 3.36. The molecule has 3 N–H and O–H groups in total. The molecule has 2 aromatic rings. The number of nitrogens with zero attached hydrogens (tertiary/aromatic N) is 1. The van der Waals surface area contributed by atoms with Crippen LogP contribution in [0.1, 0.15) is 11.0 Å². The van der Waals surface area contributed by atoms with Gasteiger partial charge in [0.05, 0.1) is 0 Å². The smallest absolute Gasteiger partial charge is 0.247 e. The van der Waals surface area contributed by atoms with Crippen LogP contribution in [0.25, 0.3) is 0 Å². The van der Waals surface area contributed by atoms with Crippen molar-refractivity contribution in [2.24, 2.45) is 5.73 Å². The van der Waals surface area contributed by atoms with Gasteiger partial charge in [0, 0.05) is 22.3 Å². The summed E-state index contributed by atoms with van der Waals surface area (Å²) in [6.45, 7) is 0. The Balaban J connectivity index is 2.19. The minimum absolute atomic E-state index is 0.463. The molecule has 1 atom stereocenters. The Morgan fingerprint density at radius 3 is 2.65 bits per heavy atom. The highest BCUT2D eigenvalue weighted by Crippen LogP contribution is 2.22. The van der Waals surface area contributed by atoms with Crippen LogP contribution < -0.4 is 11.1 Å². The average molecular weight is 268 g/mol. The zero-order valence-electron chi connectivity index (χ0n) is 8.76. The van der Waals surface area contributed by atoms with Gasteiger partial charge in [0.15, 0.2) is 6.04 Å². The molecule has 2 rings (SSSR count). The second kappa shape index (κ2) is 5.16. The standard InChI is InChI=1S/C11H10ClN3OS/c12-7-1-3-8(4-2-7)15-9(10(13)16)11-14-5-6-17-11/h1-6,9,15H,(H2,13,16). The Bertz CT molecular complexity index is 498. The summed E-state index contributed by atoms with van der Waals surface area (Å²) in [4.78, 5) is 15.5. The van der Waals surface area contributed by atoms with Gasteiger partial charge in [-0.15, -0.1) is 11.3 Å². The fourth-order valence-corrected chi connectivity index (χ4v) is 2.16. The van der Waals surface area contributed by atoms with E-state index >= 15 is 0 Å². The van der Waals surface area contributed by atoms with Gasteiger partial charge in [-0.3, -0.25) is 4.79 Å². The van der Waals surface area contributed by atoms with Crippen LogP contribution in [0.15, 0.2) is 35.8 Å². The van der Waals surface area contributed by atoms with Crippen molar-refractivity contribution in [3.8, 4) is 0 Å². The first-order valence-electron chi connectivity index (χ1n) is 4.87. The molecule has 17 heavy (non-hydrogen) atoms. The SMILES string of the molecule is NC(=O)C(Nc1ccc(Cl)cc1)c1nccs1. The molecule has 0 aliphatic rings. The first-order valence-corrected chi connectivity index (χ1v) is 6.13. The molecule has 0 aliphatic heterocycles. The molecule has 1 aromatic heterocycles. The van der Waals surface area contributed by atoms with E-state index in [1.807, 2.05) is 0 Å². The van der Waals surface area contributed by atoms with Crippen molar-refractivity contribution in [1.29, 1.82) is 0 Å². The molecule has 0 fully saturated rings. The molecule has 0 radical (unpaired) electrons. The number of primary amides is 1. The minimum Gasteiger partial charge on any atom is -0.368 e. The monoisotopic (exact) mass is 267 g/mol. The van der Waals surface area contributed by atoms with E-state index in [4.69, 9.17) is 17.3 Å². The number of nitrogens with one attached hydrogen (secondary N) is 1. The van der Waals surface area contributed by atoms with Gasteiger partial charge in [-0.25, -0.2) is 4.98 Å². The third-order valence-corrected chi connectivity index (χ3v) is 3.23. The number of benzene rings is 1. The predicted molar refractivity (Wildman–Crippen MR) is 69.1 cm³/mol. The van der Waals surface area contributed by atoms with Crippen molar-refractivity contribution < 1.29 is 4.79 Å². The van der Waals surface area contributed by atoms with E-state index in [-0.39, 0.29) is 0 Å². The zero-order chi connectivity index (χ0) is 12.3. The molecule has 0 saturated carbocycles. The van der Waals surface area contributed by atoms with E-state index in [0.29, 0.717) is 10.0 Å². The van der Waals surface area contributed by atoms with E-state index in [2.05, 4.69) is 10.3 Å². The highest BCUT2D eigenvalue weighted by molar-refractivity contribution is 7.09. The van der Waals surface area contributed by atoms with Crippen molar-refractivity contribution in [1.82, 2.24) is 4.98 Å². The lowest BCUT2D eigenvalue weighted by Gasteiger charge is -2.14. The molecule has 6 heteroatoms. The lowest BCUT2D eigenvalue weighted by Crippen LogP contribution is -2.27. The minimum atomic E-state index is -0.615. The summed E-state index contributed by atoms with van der Waals surface area (Å²) in [6, 6.07) is 6.43. The summed E-state index contributed by atoms with van der Waals surface area (Å²) in [6.07, 6.45) is 1.64. The van der Waals surface area contributed by atoms with Gasteiger partial charge in [-0.2, -0.15) is 0 Å². The number of nitrogens with two attached hydrogens (primary N) is 1. The van der Waals surface area contributed by atoms with Gasteiger partial charge >= 0.3 is 0 Å². The van der Waals surface area contributed by atoms with Crippen molar-refractivity contribution >= 4 is 34.5 Å². The molecular weight excluding hydrogens is 258 g/mol. The van der Waals surface area contributed by atoms with Crippen LogP contribution in [0.5, 0.6) is 0 Å². The maximum absolute atomic E-state index is 11.4. The third kappa shape index (κ3) is 2.95. The quantitative estimate of drug-likeness (QED) is 0.894. The first kappa shape index (κ1) is 11.9. The molecule has 88 valence electrons. The maximum atomic E-state index is 11.4. The number of carbonyl (C=O) groups excluding carboxylic acids is 1. The highest BCUT2D eigenvalue weighted by atomic mass is 35.5. The molecule has 4 nitrogen and oxygen atoms in total. The summed E-state index contributed by atoms with van der Waals surface area (Å²) < 4.78 is 0. The number of carbonyl (C=O) groups is 1. The number of amides is 1. The Kier molecular flexibility index (Phi) is 3.61. The fraction of sp³-hybridized carbons (Fsp3) is 0.0909. The first-order chi connectivity index (χ1) is 8.16. The van der Waals surface area contributed by atoms with Gasteiger partial charge in [0.25, 0.3) is 0 Å². The van der Waals surface area contributed by atoms with E-state index in [9.17, 15) is 4.79 Å². The number of hydrogen-bond donors (Lipinski definition) is 2. The van der Waals surface area contributed by atoms with Crippen LogP contribution in [0.2, 0.25) is 5.02 Å². The summed E-state index contributed by atoms with van der Waals surface area (Å²) in [5, 5.41) is 6.11. The van der Waals surface area contributed by atoms with Gasteiger partial charge in [-0.05, 0) is 24.3 Å². The molecule has 0 saturated heterocycles. The molecule has 1 aromatic carbocycles. The van der Waals surface area contributed by atoms with Crippen LogP contribution >= 0.6 is 22.9 Å². The summed E-state index contributed by atoms with van der Waals surface area (Å²) in [5.41, 5.74) is 6.12. The third-order valence-electron chi connectivity index (χ3n) is 2.14. The fourth-order valence-electron chi connectivity index (χ4n) is 1.34. The zero-order valence-corrected chi connectivity index (χ0v) is 10.3. The van der Waals surface area contributed by atoms with E-state index in [1.165, 1.54) is 11.3 Å². The molecule has 0 bridgehead atoms. The Morgan fingerprint density at radius 2 is 2.12 bits per heavy atom. The summed E-state index contributed by atoms with van der Waals surface area (Å²) in [5.74, 6) is -0.463. The maximum Gasteiger partial charge on any atom is 0.247 e. The Morgan fingerprint density at radius 1 is 1.41 bits per heavy atom. The van der Waals surface area contributed by atoms with Crippen LogP contribution in [-0.4, -0.2) is 10.9 Å². The van der Waals surface area contributed by atoms with Gasteiger partial charge in [0.1, 0.15) is 5.01 Å². The largest absolute Gasteiger partial charge is 0.368 e. The van der Waals surface area contributed by atoms with Gasteiger partial charge in [0.2, 0.25) is 5.91 Å². The van der Waals surface area contributed by atoms with Crippen molar-refractivity contribution in [3.63, 3.8) is 0 Å². The van der Waals surface area contributed by atoms with Crippen LogP contribution in [0, 0.1) is 0 Å². The van der Waals surface area contributed by atoms with Crippen LogP contribution in [0.4, 0.5) is 5.69 Å². The van der Waals surface area contributed by atoms with E-state index < -0.39 is 11.9 Å². The van der Waals surface area contributed by atoms with Crippen LogP contribution in [0.3, 0.4) is 0 Å². The average Bonchev–Trinajstić information content (AvgIpc) is 2.81. The summed E-state index contributed by atoms with van der Waals surface area (Å²) in [7, 11) is 0. The number of rotatable bonds is 4. The molecule has 1 unspecified atom stereocenters. The second-order valence-corrected chi connectivity index (χ2v) is 4.72. The Hall–Kier alpha value is -1.59. The normalized spacial score (nSPS) is 12.1. The number of hydrogen-bond acceptors (Lipinski definition) is 4.